The molecule has 0 bridgehead atoms. The van der Waals surface area contributed by atoms with E-state index in [4.69, 9.17) is 10.5 Å². The van der Waals surface area contributed by atoms with Gasteiger partial charge in [-0.25, -0.2) is 0 Å². The molecule has 1 aromatic heterocycles. The maximum absolute atomic E-state index is 11.8. The molecule has 126 valence electrons. The van der Waals surface area contributed by atoms with Crippen LogP contribution in [-0.4, -0.2) is 29.7 Å². The number of hydrogen-bond donors (Lipinski definition) is 3. The van der Waals surface area contributed by atoms with Crippen molar-refractivity contribution in [2.45, 2.75) is 24.8 Å². The van der Waals surface area contributed by atoms with Crippen LogP contribution < -0.4 is 15.8 Å². The van der Waals surface area contributed by atoms with E-state index in [1.807, 2.05) is 24.3 Å². The fourth-order valence-electron chi connectivity index (χ4n) is 2.68. The van der Waals surface area contributed by atoms with Gasteiger partial charge < -0.3 is 20.9 Å². The number of nitrogens with one attached hydrogen (secondary N) is 1. The van der Waals surface area contributed by atoms with E-state index in [-0.39, 0.29) is 12.0 Å². The number of benzene rings is 1. The first kappa shape index (κ1) is 16.3. The van der Waals surface area contributed by atoms with Crippen molar-refractivity contribution in [2.75, 3.05) is 19.0 Å². The van der Waals surface area contributed by atoms with E-state index in [2.05, 4.69) is 10.3 Å². The van der Waals surface area contributed by atoms with Crippen LogP contribution in [0.5, 0.6) is 5.75 Å². The van der Waals surface area contributed by atoms with E-state index in [9.17, 15) is 9.90 Å². The number of aliphatic hydroxyl groups excluding tert-OH is 1. The average molecular weight is 327 g/mol. The molecule has 1 amide bonds. The van der Waals surface area contributed by atoms with Crippen molar-refractivity contribution in [1.82, 2.24) is 4.98 Å². The molecule has 1 saturated carbocycles. The van der Waals surface area contributed by atoms with Gasteiger partial charge in [-0.15, -0.1) is 0 Å². The van der Waals surface area contributed by atoms with Crippen LogP contribution in [0.15, 0.2) is 36.5 Å². The number of aromatic nitrogens is 1. The molecular formula is C18H21N3O3. The third-order valence-corrected chi connectivity index (χ3v) is 4.51. The second-order valence-corrected chi connectivity index (χ2v) is 6.12. The van der Waals surface area contributed by atoms with Gasteiger partial charge in [-0.1, -0.05) is 12.1 Å². The van der Waals surface area contributed by atoms with Gasteiger partial charge in [0.25, 0.3) is 5.91 Å². The number of carbonyl (C=O) groups is 1. The van der Waals surface area contributed by atoms with Crippen LogP contribution in [0.25, 0.3) is 0 Å². The van der Waals surface area contributed by atoms with Gasteiger partial charge in [0, 0.05) is 17.7 Å². The Balaban J connectivity index is 1.78. The van der Waals surface area contributed by atoms with Gasteiger partial charge in [0.2, 0.25) is 0 Å². The third-order valence-electron chi connectivity index (χ3n) is 4.51. The van der Waals surface area contributed by atoms with Crippen LogP contribution in [0.1, 0.15) is 34.5 Å². The standard InChI is InChI=1S/C18H21N3O3/c1-24-13-4-2-12(3-5-13)9-20-15-10-21-16(8-14(15)17(19)23)18(11-22)6-7-18/h2-5,8,10,20,22H,6-7,9,11H2,1H3,(H2,19,23). The Hall–Kier alpha value is -2.60. The fourth-order valence-corrected chi connectivity index (χ4v) is 2.68. The molecule has 0 saturated heterocycles. The molecule has 1 fully saturated rings. The number of rotatable bonds is 7. The highest BCUT2D eigenvalue weighted by Gasteiger charge is 2.45. The van der Waals surface area contributed by atoms with Crippen molar-refractivity contribution in [3.8, 4) is 5.75 Å². The van der Waals surface area contributed by atoms with Crippen LogP contribution in [0.3, 0.4) is 0 Å². The number of ether oxygens (including phenoxy) is 1. The molecule has 24 heavy (non-hydrogen) atoms. The van der Waals surface area contributed by atoms with E-state index in [0.29, 0.717) is 17.8 Å². The summed E-state index contributed by atoms with van der Waals surface area (Å²) in [6.45, 7) is 0.577. The predicted molar refractivity (Wildman–Crippen MR) is 91.1 cm³/mol. The monoisotopic (exact) mass is 327 g/mol. The van der Waals surface area contributed by atoms with Gasteiger partial charge in [0.15, 0.2) is 0 Å². The molecule has 3 rings (SSSR count). The van der Waals surface area contributed by atoms with Crippen LogP contribution in [0.4, 0.5) is 5.69 Å². The number of nitrogens with two attached hydrogens (primary N) is 1. The first-order chi connectivity index (χ1) is 11.6. The number of pyridine rings is 1. The van der Waals surface area contributed by atoms with Crippen molar-refractivity contribution >= 4 is 11.6 Å². The molecule has 0 spiro atoms. The number of aliphatic hydroxyl groups is 1. The summed E-state index contributed by atoms with van der Waals surface area (Å²) in [6.07, 6.45) is 3.38. The summed E-state index contributed by atoms with van der Waals surface area (Å²) < 4.78 is 5.13. The Morgan fingerprint density at radius 3 is 2.62 bits per heavy atom. The predicted octanol–water partition coefficient (Wildman–Crippen LogP) is 1.83. The highest BCUT2D eigenvalue weighted by molar-refractivity contribution is 5.98. The maximum Gasteiger partial charge on any atom is 0.250 e. The molecule has 1 aliphatic rings. The number of nitrogens with zero attached hydrogens (tertiary/aromatic N) is 1. The lowest BCUT2D eigenvalue weighted by Crippen LogP contribution is -2.19. The van der Waals surface area contributed by atoms with Gasteiger partial charge >= 0.3 is 0 Å². The number of carbonyl (C=O) groups excluding carboxylic acids is 1. The largest absolute Gasteiger partial charge is 0.497 e. The first-order valence-corrected chi connectivity index (χ1v) is 7.86. The smallest absolute Gasteiger partial charge is 0.250 e. The Morgan fingerprint density at radius 2 is 2.08 bits per heavy atom. The van der Waals surface area contributed by atoms with Crippen LogP contribution in [-0.2, 0) is 12.0 Å². The minimum atomic E-state index is -0.510. The van der Waals surface area contributed by atoms with Gasteiger partial charge in [0.1, 0.15) is 5.75 Å². The lowest BCUT2D eigenvalue weighted by molar-refractivity contribution is 0.100. The maximum atomic E-state index is 11.8. The first-order valence-electron chi connectivity index (χ1n) is 7.86. The Labute approximate surface area is 140 Å². The lowest BCUT2D eigenvalue weighted by Gasteiger charge is -2.15. The zero-order valence-corrected chi connectivity index (χ0v) is 13.6. The Kier molecular flexibility index (Phi) is 4.40. The summed E-state index contributed by atoms with van der Waals surface area (Å²) in [5.74, 6) is 0.283. The van der Waals surface area contributed by atoms with Crippen molar-refractivity contribution in [2.24, 2.45) is 5.73 Å². The van der Waals surface area contributed by atoms with Crippen molar-refractivity contribution in [3.05, 3.63) is 53.3 Å². The van der Waals surface area contributed by atoms with Crippen molar-refractivity contribution in [1.29, 1.82) is 0 Å². The summed E-state index contributed by atoms with van der Waals surface area (Å²) in [5.41, 5.74) is 7.98. The Morgan fingerprint density at radius 1 is 1.38 bits per heavy atom. The summed E-state index contributed by atoms with van der Waals surface area (Å²) in [6, 6.07) is 9.35. The number of methoxy groups -OCH3 is 1. The molecule has 0 unspecified atom stereocenters. The molecule has 1 heterocycles. The van der Waals surface area contributed by atoms with Gasteiger partial charge in [-0.3, -0.25) is 9.78 Å². The molecule has 6 nitrogen and oxygen atoms in total. The molecule has 0 atom stereocenters. The second-order valence-electron chi connectivity index (χ2n) is 6.12. The summed E-state index contributed by atoms with van der Waals surface area (Å²) in [7, 11) is 1.62. The van der Waals surface area contributed by atoms with E-state index in [1.54, 1.807) is 19.4 Å². The van der Waals surface area contributed by atoms with E-state index in [0.717, 1.165) is 29.8 Å². The second kappa shape index (κ2) is 6.49. The molecule has 2 aromatic rings. The molecule has 0 radical (unpaired) electrons. The van der Waals surface area contributed by atoms with Crippen LogP contribution >= 0.6 is 0 Å². The normalized spacial score (nSPS) is 14.9. The summed E-state index contributed by atoms with van der Waals surface area (Å²) in [4.78, 5) is 16.2. The number of amides is 1. The topological polar surface area (TPSA) is 97.5 Å². The highest BCUT2D eigenvalue weighted by atomic mass is 16.5. The van der Waals surface area contributed by atoms with Crippen LogP contribution in [0.2, 0.25) is 0 Å². The van der Waals surface area contributed by atoms with E-state index in [1.165, 1.54) is 0 Å². The number of hydrogen-bond acceptors (Lipinski definition) is 5. The SMILES string of the molecule is COc1ccc(CNc2cnc(C3(CO)CC3)cc2C(N)=O)cc1. The molecule has 4 N–H and O–H groups in total. The number of primary amides is 1. The third kappa shape index (κ3) is 3.19. The average Bonchev–Trinajstić information content (AvgIpc) is 3.41. The highest BCUT2D eigenvalue weighted by Crippen LogP contribution is 2.47. The van der Waals surface area contributed by atoms with Crippen molar-refractivity contribution in [3.63, 3.8) is 0 Å². The van der Waals surface area contributed by atoms with Gasteiger partial charge in [-0.2, -0.15) is 0 Å². The summed E-state index contributed by atoms with van der Waals surface area (Å²) in [5, 5.41) is 12.7. The van der Waals surface area contributed by atoms with Gasteiger partial charge in [0.05, 0.1) is 31.2 Å². The summed E-state index contributed by atoms with van der Waals surface area (Å²) >= 11 is 0. The number of anilines is 1. The Bertz CT molecular complexity index is 740. The molecule has 1 aromatic carbocycles. The van der Waals surface area contributed by atoms with Crippen LogP contribution in [0, 0.1) is 0 Å². The lowest BCUT2D eigenvalue weighted by atomic mass is 10.0. The van der Waals surface area contributed by atoms with Crippen molar-refractivity contribution < 1.29 is 14.6 Å². The van der Waals surface area contributed by atoms with E-state index >= 15 is 0 Å². The zero-order chi connectivity index (χ0) is 17.2. The minimum Gasteiger partial charge on any atom is -0.497 e. The molecule has 1 aliphatic carbocycles. The van der Waals surface area contributed by atoms with E-state index < -0.39 is 5.91 Å². The molecular weight excluding hydrogens is 306 g/mol. The fraction of sp³-hybridized carbons (Fsp3) is 0.333. The molecule has 6 heteroatoms. The molecule has 0 aliphatic heterocycles. The zero-order valence-electron chi connectivity index (χ0n) is 13.6. The quantitative estimate of drug-likeness (QED) is 0.721. The minimum absolute atomic E-state index is 0.0385. The van der Waals surface area contributed by atoms with Gasteiger partial charge in [-0.05, 0) is 36.6 Å².